The summed E-state index contributed by atoms with van der Waals surface area (Å²) in [6.45, 7) is 7.19. The van der Waals surface area contributed by atoms with Gasteiger partial charge >= 0.3 is 0 Å². The number of aromatic nitrogens is 1. The Morgan fingerprint density at radius 1 is 1.10 bits per heavy atom. The molecule has 3 nitrogen and oxygen atoms in total. The first-order valence-corrected chi connectivity index (χ1v) is 7.33. The van der Waals surface area contributed by atoms with Crippen molar-refractivity contribution >= 4 is 11.4 Å². The molecule has 0 radical (unpaired) electrons. The van der Waals surface area contributed by atoms with Crippen molar-refractivity contribution in [2.24, 2.45) is 0 Å². The van der Waals surface area contributed by atoms with E-state index in [1.807, 2.05) is 18.5 Å². The van der Waals surface area contributed by atoms with Gasteiger partial charge in [0.15, 0.2) is 0 Å². The van der Waals surface area contributed by atoms with E-state index < -0.39 is 0 Å². The average Bonchev–Trinajstić information content (AvgIpc) is 2.51. The van der Waals surface area contributed by atoms with Crippen LogP contribution < -0.4 is 10.2 Å². The molecule has 0 unspecified atom stereocenters. The molecule has 3 heteroatoms. The van der Waals surface area contributed by atoms with Crippen molar-refractivity contribution in [3.8, 4) is 0 Å². The van der Waals surface area contributed by atoms with Gasteiger partial charge in [0.25, 0.3) is 0 Å². The summed E-state index contributed by atoms with van der Waals surface area (Å²) < 4.78 is 0. The second-order valence-corrected chi connectivity index (χ2v) is 4.76. The van der Waals surface area contributed by atoms with Crippen molar-refractivity contribution in [1.29, 1.82) is 0 Å². The zero-order chi connectivity index (χ0) is 14.2. The molecule has 0 saturated heterocycles. The fourth-order valence-corrected chi connectivity index (χ4v) is 2.32. The number of benzene rings is 1. The lowest BCUT2D eigenvalue weighted by atomic mass is 10.2. The molecule has 0 amide bonds. The Kier molecular flexibility index (Phi) is 5.56. The fourth-order valence-electron chi connectivity index (χ4n) is 2.32. The average molecular weight is 269 g/mol. The first-order chi connectivity index (χ1) is 9.86. The summed E-state index contributed by atoms with van der Waals surface area (Å²) in [5.74, 6) is 0. The highest BCUT2D eigenvalue weighted by Gasteiger charge is 2.11. The number of hydrogen-bond acceptors (Lipinski definition) is 3. The van der Waals surface area contributed by atoms with Crippen LogP contribution in [0.1, 0.15) is 25.8 Å². The van der Waals surface area contributed by atoms with Crippen molar-refractivity contribution in [2.75, 3.05) is 18.0 Å². The van der Waals surface area contributed by atoms with Crippen molar-refractivity contribution in [3.63, 3.8) is 0 Å². The first-order valence-electron chi connectivity index (χ1n) is 7.33. The van der Waals surface area contributed by atoms with Gasteiger partial charge in [-0.3, -0.25) is 4.98 Å². The van der Waals surface area contributed by atoms with E-state index in [1.54, 1.807) is 0 Å². The van der Waals surface area contributed by atoms with E-state index in [1.165, 1.54) is 16.9 Å². The van der Waals surface area contributed by atoms with E-state index in [2.05, 4.69) is 59.4 Å². The second kappa shape index (κ2) is 7.65. The summed E-state index contributed by atoms with van der Waals surface area (Å²) in [7, 11) is 0. The van der Waals surface area contributed by atoms with Gasteiger partial charge in [-0.05, 0) is 38.1 Å². The Labute approximate surface area is 121 Å². The van der Waals surface area contributed by atoms with Crippen LogP contribution in [0.15, 0.2) is 48.8 Å². The molecule has 0 fully saturated rings. The van der Waals surface area contributed by atoms with Gasteiger partial charge in [-0.25, -0.2) is 0 Å². The number of para-hydroxylation sites is 1. The lowest BCUT2D eigenvalue weighted by Gasteiger charge is -2.25. The van der Waals surface area contributed by atoms with Gasteiger partial charge in [0.1, 0.15) is 0 Å². The molecular weight excluding hydrogens is 246 g/mol. The Balaban J connectivity index is 2.25. The highest BCUT2D eigenvalue weighted by molar-refractivity contribution is 5.65. The van der Waals surface area contributed by atoms with E-state index >= 15 is 0 Å². The van der Waals surface area contributed by atoms with Crippen LogP contribution in [0.25, 0.3) is 0 Å². The number of pyridine rings is 1. The van der Waals surface area contributed by atoms with Crippen LogP contribution >= 0.6 is 0 Å². The maximum atomic E-state index is 4.27. The van der Waals surface area contributed by atoms with Crippen LogP contribution in [-0.4, -0.2) is 18.1 Å². The van der Waals surface area contributed by atoms with E-state index in [-0.39, 0.29) is 0 Å². The highest BCUT2D eigenvalue weighted by atomic mass is 15.1. The molecule has 1 heterocycles. The van der Waals surface area contributed by atoms with E-state index in [4.69, 9.17) is 0 Å². The van der Waals surface area contributed by atoms with Crippen molar-refractivity contribution in [2.45, 2.75) is 26.8 Å². The van der Waals surface area contributed by atoms with Crippen molar-refractivity contribution in [3.05, 3.63) is 54.4 Å². The molecule has 20 heavy (non-hydrogen) atoms. The summed E-state index contributed by atoms with van der Waals surface area (Å²) in [6, 6.07) is 12.6. The number of nitrogens with one attached hydrogen (secondary N) is 1. The van der Waals surface area contributed by atoms with Crippen LogP contribution in [0.4, 0.5) is 11.4 Å². The molecule has 1 aromatic heterocycles. The number of rotatable bonds is 7. The second-order valence-electron chi connectivity index (χ2n) is 4.76. The molecule has 2 rings (SSSR count). The maximum Gasteiger partial charge on any atom is 0.0487 e. The van der Waals surface area contributed by atoms with Crippen LogP contribution in [0.5, 0.6) is 0 Å². The molecule has 1 N–H and O–H groups in total. The minimum absolute atomic E-state index is 0.861. The Bertz CT molecular complexity index is 511. The van der Waals surface area contributed by atoms with Gasteiger partial charge in [0.05, 0.1) is 0 Å². The summed E-state index contributed by atoms with van der Waals surface area (Å²) in [5.41, 5.74) is 3.70. The number of hydrogen-bond donors (Lipinski definition) is 1. The lowest BCUT2D eigenvalue weighted by Crippen LogP contribution is -2.21. The molecular formula is C17H23N3. The SMILES string of the molecule is CCCNCc1cnccc1N(CC)c1ccccc1. The molecule has 0 aliphatic rings. The van der Waals surface area contributed by atoms with Gasteiger partial charge in [-0.15, -0.1) is 0 Å². The zero-order valence-corrected chi connectivity index (χ0v) is 12.3. The van der Waals surface area contributed by atoms with Gasteiger partial charge in [-0.2, -0.15) is 0 Å². The van der Waals surface area contributed by atoms with Gasteiger partial charge < -0.3 is 10.2 Å². The Hall–Kier alpha value is -1.87. The van der Waals surface area contributed by atoms with Crippen molar-refractivity contribution in [1.82, 2.24) is 10.3 Å². The molecule has 0 spiro atoms. The number of nitrogens with zero attached hydrogens (tertiary/aromatic N) is 2. The molecule has 1 aromatic carbocycles. The smallest absolute Gasteiger partial charge is 0.0487 e. The van der Waals surface area contributed by atoms with Gasteiger partial charge in [0, 0.05) is 42.4 Å². The highest BCUT2D eigenvalue weighted by Crippen LogP contribution is 2.27. The molecule has 0 saturated carbocycles. The van der Waals surface area contributed by atoms with Gasteiger partial charge in [0.2, 0.25) is 0 Å². The topological polar surface area (TPSA) is 28.2 Å². The normalized spacial score (nSPS) is 10.5. The predicted octanol–water partition coefficient (Wildman–Crippen LogP) is 3.74. The minimum Gasteiger partial charge on any atom is -0.341 e. The molecule has 2 aromatic rings. The number of anilines is 2. The Morgan fingerprint density at radius 3 is 2.60 bits per heavy atom. The lowest BCUT2D eigenvalue weighted by molar-refractivity contribution is 0.673. The van der Waals surface area contributed by atoms with Crippen LogP contribution in [0.2, 0.25) is 0 Å². The maximum absolute atomic E-state index is 4.27. The predicted molar refractivity (Wildman–Crippen MR) is 85.4 cm³/mol. The summed E-state index contributed by atoms with van der Waals surface area (Å²) in [4.78, 5) is 6.59. The molecule has 0 aliphatic carbocycles. The summed E-state index contributed by atoms with van der Waals surface area (Å²) >= 11 is 0. The molecule has 0 bridgehead atoms. The first kappa shape index (κ1) is 14.5. The van der Waals surface area contributed by atoms with Crippen LogP contribution in [-0.2, 0) is 6.54 Å². The molecule has 106 valence electrons. The molecule has 0 aliphatic heterocycles. The fraction of sp³-hybridized carbons (Fsp3) is 0.353. The molecule has 0 atom stereocenters. The zero-order valence-electron chi connectivity index (χ0n) is 12.3. The third-order valence-electron chi connectivity index (χ3n) is 3.29. The third-order valence-corrected chi connectivity index (χ3v) is 3.29. The third kappa shape index (κ3) is 3.58. The van der Waals surface area contributed by atoms with Crippen molar-refractivity contribution < 1.29 is 0 Å². The van der Waals surface area contributed by atoms with E-state index in [0.29, 0.717) is 0 Å². The van der Waals surface area contributed by atoms with Crippen LogP contribution in [0.3, 0.4) is 0 Å². The minimum atomic E-state index is 0.861. The Morgan fingerprint density at radius 2 is 1.90 bits per heavy atom. The standard InChI is InChI=1S/C17H23N3/c1-3-11-18-13-15-14-19-12-10-17(15)20(4-2)16-8-6-5-7-9-16/h5-10,12,14,18H,3-4,11,13H2,1-2H3. The summed E-state index contributed by atoms with van der Waals surface area (Å²) in [6.07, 6.45) is 4.97. The monoisotopic (exact) mass is 269 g/mol. The van der Waals surface area contributed by atoms with Crippen LogP contribution in [0, 0.1) is 0 Å². The van der Waals surface area contributed by atoms with Gasteiger partial charge in [-0.1, -0.05) is 25.1 Å². The van der Waals surface area contributed by atoms with E-state index in [0.717, 1.165) is 26.1 Å². The summed E-state index contributed by atoms with van der Waals surface area (Å²) in [5, 5.41) is 3.46. The van der Waals surface area contributed by atoms with E-state index in [9.17, 15) is 0 Å². The largest absolute Gasteiger partial charge is 0.341 e. The quantitative estimate of drug-likeness (QED) is 0.776.